The maximum absolute atomic E-state index is 3.66. The first kappa shape index (κ1) is 16.7. The molecule has 0 aliphatic rings. The van der Waals surface area contributed by atoms with Crippen molar-refractivity contribution in [1.29, 1.82) is 0 Å². The molecule has 0 radical (unpaired) electrons. The van der Waals surface area contributed by atoms with Gasteiger partial charge in [-0.05, 0) is 49.1 Å². The number of rotatable bonds is 5. The molecule has 3 heteroatoms. The lowest BCUT2D eigenvalue weighted by molar-refractivity contribution is 0.493. The van der Waals surface area contributed by atoms with Crippen LogP contribution in [0.2, 0.25) is 0 Å². The zero-order valence-electron chi connectivity index (χ0n) is 12.7. The van der Waals surface area contributed by atoms with Crippen molar-refractivity contribution in [2.75, 3.05) is 0 Å². The maximum atomic E-state index is 3.66. The van der Waals surface area contributed by atoms with Crippen molar-refractivity contribution < 1.29 is 0 Å². The summed E-state index contributed by atoms with van der Waals surface area (Å²) in [6.07, 6.45) is 1.09. The average Bonchev–Trinajstić information content (AvgIpc) is 2.47. The Morgan fingerprint density at radius 1 is 0.952 bits per heavy atom. The van der Waals surface area contributed by atoms with E-state index in [1.54, 1.807) is 0 Å². The monoisotopic (exact) mass is 409 g/mol. The molecule has 0 amide bonds. The third kappa shape index (κ3) is 4.41. The van der Waals surface area contributed by atoms with Crippen LogP contribution in [0.5, 0.6) is 0 Å². The number of hydrogen-bond acceptors (Lipinski definition) is 1. The van der Waals surface area contributed by atoms with E-state index < -0.39 is 0 Å². The van der Waals surface area contributed by atoms with Gasteiger partial charge >= 0.3 is 0 Å². The second-order valence-corrected chi connectivity index (χ2v) is 7.14. The van der Waals surface area contributed by atoms with Gasteiger partial charge in [0.1, 0.15) is 0 Å². The highest BCUT2D eigenvalue weighted by Crippen LogP contribution is 2.28. The van der Waals surface area contributed by atoms with Gasteiger partial charge in [-0.2, -0.15) is 0 Å². The van der Waals surface area contributed by atoms with Crippen LogP contribution in [-0.2, 0) is 6.42 Å². The van der Waals surface area contributed by atoms with Crippen LogP contribution in [0.3, 0.4) is 0 Å². The molecular formula is C18H21Br2N. The van der Waals surface area contributed by atoms with Crippen molar-refractivity contribution in [3.05, 3.63) is 68.1 Å². The Bertz CT molecular complexity index is 593. The SMILES string of the molecule is CCc1ccc(C(C)NC(C)c2ccc(Br)cc2Br)cc1. The fourth-order valence-corrected chi connectivity index (χ4v) is 3.85. The summed E-state index contributed by atoms with van der Waals surface area (Å²) in [7, 11) is 0. The van der Waals surface area contributed by atoms with Gasteiger partial charge in [0.05, 0.1) is 0 Å². The van der Waals surface area contributed by atoms with Gasteiger partial charge in [-0.1, -0.05) is 69.1 Å². The molecule has 1 nitrogen and oxygen atoms in total. The van der Waals surface area contributed by atoms with Crippen molar-refractivity contribution in [2.45, 2.75) is 39.3 Å². The molecule has 112 valence electrons. The Kier molecular flexibility index (Phi) is 6.03. The number of hydrogen-bond donors (Lipinski definition) is 1. The first-order chi connectivity index (χ1) is 10.0. The van der Waals surface area contributed by atoms with Crippen molar-refractivity contribution >= 4 is 31.9 Å². The van der Waals surface area contributed by atoms with Crippen molar-refractivity contribution in [3.8, 4) is 0 Å². The molecule has 0 bridgehead atoms. The summed E-state index contributed by atoms with van der Waals surface area (Å²) in [5.41, 5.74) is 3.98. The highest BCUT2D eigenvalue weighted by Gasteiger charge is 2.13. The zero-order valence-corrected chi connectivity index (χ0v) is 15.8. The summed E-state index contributed by atoms with van der Waals surface area (Å²) in [5.74, 6) is 0. The summed E-state index contributed by atoms with van der Waals surface area (Å²) in [4.78, 5) is 0. The Labute approximate surface area is 144 Å². The van der Waals surface area contributed by atoms with Gasteiger partial charge in [-0.3, -0.25) is 0 Å². The summed E-state index contributed by atoms with van der Waals surface area (Å²) in [6.45, 7) is 6.60. The topological polar surface area (TPSA) is 12.0 Å². The standard InChI is InChI=1S/C18H21Br2N/c1-4-14-5-7-15(8-6-14)12(2)21-13(3)17-10-9-16(19)11-18(17)20/h5-13,21H,4H2,1-3H3. The lowest BCUT2D eigenvalue weighted by Crippen LogP contribution is -2.22. The number of nitrogens with one attached hydrogen (secondary N) is 1. The molecule has 21 heavy (non-hydrogen) atoms. The van der Waals surface area contributed by atoms with Crippen LogP contribution in [0, 0.1) is 0 Å². The third-order valence-corrected chi connectivity index (χ3v) is 5.00. The molecule has 2 unspecified atom stereocenters. The molecule has 2 rings (SSSR count). The molecule has 0 heterocycles. The first-order valence-corrected chi connectivity index (χ1v) is 8.89. The van der Waals surface area contributed by atoms with Gasteiger partial charge in [0.15, 0.2) is 0 Å². The van der Waals surface area contributed by atoms with E-state index in [-0.39, 0.29) is 6.04 Å². The molecular weight excluding hydrogens is 390 g/mol. The largest absolute Gasteiger partial charge is 0.304 e. The summed E-state index contributed by atoms with van der Waals surface area (Å²) < 4.78 is 2.22. The normalized spacial score (nSPS) is 14.0. The first-order valence-electron chi connectivity index (χ1n) is 7.31. The Hall–Kier alpha value is -0.640. The van der Waals surface area contributed by atoms with E-state index in [0.29, 0.717) is 6.04 Å². The second kappa shape index (κ2) is 7.57. The molecule has 2 aromatic rings. The van der Waals surface area contributed by atoms with E-state index in [1.165, 1.54) is 16.7 Å². The van der Waals surface area contributed by atoms with Gasteiger partial charge in [0.2, 0.25) is 0 Å². The summed E-state index contributed by atoms with van der Waals surface area (Å²) in [6, 6.07) is 15.8. The fourth-order valence-electron chi connectivity index (χ4n) is 2.46. The minimum atomic E-state index is 0.285. The highest BCUT2D eigenvalue weighted by molar-refractivity contribution is 9.11. The molecule has 2 atom stereocenters. The van der Waals surface area contributed by atoms with Crippen LogP contribution in [-0.4, -0.2) is 0 Å². The molecule has 0 spiro atoms. The van der Waals surface area contributed by atoms with Crippen LogP contribution in [0.1, 0.15) is 49.5 Å². The number of halogens is 2. The molecule has 0 saturated carbocycles. The quantitative estimate of drug-likeness (QED) is 0.619. The maximum Gasteiger partial charge on any atom is 0.0308 e. The van der Waals surface area contributed by atoms with Crippen LogP contribution in [0.25, 0.3) is 0 Å². The van der Waals surface area contributed by atoms with Gasteiger partial charge in [0.25, 0.3) is 0 Å². The zero-order chi connectivity index (χ0) is 15.4. The lowest BCUT2D eigenvalue weighted by Gasteiger charge is -2.22. The average molecular weight is 411 g/mol. The Balaban J connectivity index is 2.08. The lowest BCUT2D eigenvalue weighted by atomic mass is 10.0. The second-order valence-electron chi connectivity index (χ2n) is 5.37. The predicted molar refractivity (Wildman–Crippen MR) is 97.6 cm³/mol. The van der Waals surface area contributed by atoms with Gasteiger partial charge in [0, 0.05) is 21.0 Å². The third-order valence-electron chi connectivity index (χ3n) is 3.82. The van der Waals surface area contributed by atoms with Crippen LogP contribution in [0.15, 0.2) is 51.4 Å². The summed E-state index contributed by atoms with van der Waals surface area (Å²) >= 11 is 7.14. The molecule has 2 aromatic carbocycles. The Morgan fingerprint density at radius 3 is 2.19 bits per heavy atom. The van der Waals surface area contributed by atoms with E-state index in [9.17, 15) is 0 Å². The van der Waals surface area contributed by atoms with Crippen molar-refractivity contribution in [1.82, 2.24) is 5.32 Å². The predicted octanol–water partition coefficient (Wildman–Crippen LogP) is 6.19. The van der Waals surface area contributed by atoms with E-state index in [4.69, 9.17) is 0 Å². The minimum absolute atomic E-state index is 0.285. The van der Waals surface area contributed by atoms with Crippen LogP contribution >= 0.6 is 31.9 Å². The van der Waals surface area contributed by atoms with E-state index in [0.717, 1.165) is 15.4 Å². The molecule has 1 N–H and O–H groups in total. The fraction of sp³-hybridized carbons (Fsp3) is 0.333. The number of benzene rings is 2. The smallest absolute Gasteiger partial charge is 0.0308 e. The van der Waals surface area contributed by atoms with Gasteiger partial charge in [-0.15, -0.1) is 0 Å². The van der Waals surface area contributed by atoms with E-state index >= 15 is 0 Å². The molecule has 0 aliphatic heterocycles. The van der Waals surface area contributed by atoms with E-state index in [2.05, 4.69) is 100 Å². The minimum Gasteiger partial charge on any atom is -0.304 e. The number of aryl methyl sites for hydroxylation is 1. The van der Waals surface area contributed by atoms with E-state index in [1.807, 2.05) is 0 Å². The van der Waals surface area contributed by atoms with Crippen LogP contribution < -0.4 is 5.32 Å². The molecule has 0 saturated heterocycles. The molecule has 0 fully saturated rings. The molecule has 0 aromatic heterocycles. The van der Waals surface area contributed by atoms with Gasteiger partial charge < -0.3 is 5.32 Å². The van der Waals surface area contributed by atoms with Crippen molar-refractivity contribution in [2.24, 2.45) is 0 Å². The van der Waals surface area contributed by atoms with Crippen LogP contribution in [0.4, 0.5) is 0 Å². The molecule has 0 aliphatic carbocycles. The van der Waals surface area contributed by atoms with Crippen molar-refractivity contribution in [3.63, 3.8) is 0 Å². The highest BCUT2D eigenvalue weighted by atomic mass is 79.9. The summed E-state index contributed by atoms with van der Waals surface area (Å²) in [5, 5.41) is 3.66. The van der Waals surface area contributed by atoms with Gasteiger partial charge in [-0.25, -0.2) is 0 Å². The Morgan fingerprint density at radius 2 is 1.62 bits per heavy atom.